The van der Waals surface area contributed by atoms with Crippen molar-refractivity contribution in [2.45, 2.75) is 13.8 Å². The van der Waals surface area contributed by atoms with Crippen molar-refractivity contribution in [2.75, 3.05) is 11.1 Å². The van der Waals surface area contributed by atoms with Crippen LogP contribution in [0.4, 0.5) is 25.8 Å². The number of hydrogen-bond donors (Lipinski definition) is 2. The van der Waals surface area contributed by atoms with Gasteiger partial charge in [0.25, 0.3) is 0 Å². The molecule has 94 valence electrons. The van der Waals surface area contributed by atoms with E-state index in [4.69, 9.17) is 5.73 Å². The van der Waals surface area contributed by atoms with Crippen molar-refractivity contribution >= 4 is 17.1 Å². The predicted octanol–water partition coefficient (Wildman–Crippen LogP) is 3.91. The van der Waals surface area contributed by atoms with Gasteiger partial charge in [0, 0.05) is 11.4 Å². The molecule has 0 aliphatic heterocycles. The number of nitrogens with one attached hydrogen (secondary N) is 1. The Morgan fingerprint density at radius 3 is 2.22 bits per heavy atom. The second kappa shape index (κ2) is 4.64. The van der Waals surface area contributed by atoms with Gasteiger partial charge in [0.2, 0.25) is 0 Å². The molecule has 0 saturated heterocycles. The zero-order valence-corrected chi connectivity index (χ0v) is 10.2. The third-order valence-electron chi connectivity index (χ3n) is 2.72. The summed E-state index contributed by atoms with van der Waals surface area (Å²) >= 11 is 0. The van der Waals surface area contributed by atoms with Gasteiger partial charge in [-0.2, -0.15) is 0 Å². The molecule has 0 amide bonds. The second-order valence-corrected chi connectivity index (χ2v) is 4.30. The molecule has 2 aromatic rings. The van der Waals surface area contributed by atoms with Crippen LogP contribution in [-0.4, -0.2) is 0 Å². The molecule has 0 radical (unpaired) electrons. The average molecular weight is 248 g/mol. The molecule has 18 heavy (non-hydrogen) atoms. The van der Waals surface area contributed by atoms with E-state index < -0.39 is 11.6 Å². The number of nitrogen functional groups attached to an aromatic ring is 1. The molecule has 2 nitrogen and oxygen atoms in total. The summed E-state index contributed by atoms with van der Waals surface area (Å²) in [6.45, 7) is 3.79. The minimum Gasteiger partial charge on any atom is -0.399 e. The maximum absolute atomic E-state index is 13.6. The molecule has 4 heteroatoms. The van der Waals surface area contributed by atoms with Gasteiger partial charge in [0.05, 0.1) is 0 Å². The van der Waals surface area contributed by atoms with Crippen molar-refractivity contribution in [1.82, 2.24) is 0 Å². The maximum Gasteiger partial charge on any atom is 0.151 e. The maximum atomic E-state index is 13.6. The minimum atomic E-state index is -0.701. The average Bonchev–Trinajstić information content (AvgIpc) is 2.28. The molecule has 0 aromatic heterocycles. The van der Waals surface area contributed by atoms with Gasteiger partial charge >= 0.3 is 0 Å². The van der Waals surface area contributed by atoms with Gasteiger partial charge in [-0.15, -0.1) is 0 Å². The summed E-state index contributed by atoms with van der Waals surface area (Å²) in [4.78, 5) is 0. The van der Waals surface area contributed by atoms with Crippen LogP contribution in [0.25, 0.3) is 0 Å². The van der Waals surface area contributed by atoms with Crippen molar-refractivity contribution in [3.05, 3.63) is 53.1 Å². The van der Waals surface area contributed by atoms with Crippen molar-refractivity contribution in [3.8, 4) is 0 Å². The number of nitrogens with two attached hydrogens (primary N) is 1. The number of hydrogen-bond acceptors (Lipinski definition) is 2. The van der Waals surface area contributed by atoms with Crippen LogP contribution in [0.3, 0.4) is 0 Å². The van der Waals surface area contributed by atoms with Crippen molar-refractivity contribution < 1.29 is 8.78 Å². The number of rotatable bonds is 2. The molecule has 2 rings (SSSR count). The molecule has 0 aliphatic rings. The molecular weight excluding hydrogens is 234 g/mol. The highest BCUT2D eigenvalue weighted by Crippen LogP contribution is 2.27. The largest absolute Gasteiger partial charge is 0.399 e. The van der Waals surface area contributed by atoms with Crippen LogP contribution >= 0.6 is 0 Å². The Kier molecular flexibility index (Phi) is 3.19. The van der Waals surface area contributed by atoms with E-state index in [1.54, 1.807) is 0 Å². The first-order chi connectivity index (χ1) is 8.47. The van der Waals surface area contributed by atoms with Crippen LogP contribution < -0.4 is 11.1 Å². The summed E-state index contributed by atoms with van der Waals surface area (Å²) in [6.07, 6.45) is 0. The lowest BCUT2D eigenvalue weighted by molar-refractivity contribution is 0.592. The van der Waals surface area contributed by atoms with Crippen molar-refractivity contribution in [3.63, 3.8) is 0 Å². The van der Waals surface area contributed by atoms with Crippen LogP contribution in [0.1, 0.15) is 11.1 Å². The molecule has 3 N–H and O–H groups in total. The smallest absolute Gasteiger partial charge is 0.151 e. The highest BCUT2D eigenvalue weighted by Gasteiger charge is 2.11. The first kappa shape index (κ1) is 12.4. The van der Waals surface area contributed by atoms with E-state index in [9.17, 15) is 8.78 Å². The lowest BCUT2D eigenvalue weighted by atomic mass is 10.1. The molecule has 0 aliphatic carbocycles. The van der Waals surface area contributed by atoms with Gasteiger partial charge in [-0.3, -0.25) is 0 Å². The Morgan fingerprint density at radius 1 is 1.00 bits per heavy atom. The Bertz CT molecular complexity index is 571. The predicted molar refractivity (Wildman–Crippen MR) is 70.0 cm³/mol. The summed E-state index contributed by atoms with van der Waals surface area (Å²) in [5, 5.41) is 2.77. The lowest BCUT2D eigenvalue weighted by Crippen LogP contribution is -2.01. The fraction of sp³-hybridized carbons (Fsp3) is 0.143. The monoisotopic (exact) mass is 248 g/mol. The van der Waals surface area contributed by atoms with E-state index in [1.807, 2.05) is 32.0 Å². The van der Waals surface area contributed by atoms with Crippen molar-refractivity contribution in [1.29, 1.82) is 0 Å². The Hall–Kier alpha value is -2.10. The van der Waals surface area contributed by atoms with Crippen LogP contribution in [0.15, 0.2) is 30.3 Å². The normalized spacial score (nSPS) is 10.4. The van der Waals surface area contributed by atoms with E-state index in [2.05, 4.69) is 5.32 Å². The van der Waals surface area contributed by atoms with Gasteiger partial charge in [-0.1, -0.05) is 12.1 Å². The van der Waals surface area contributed by atoms with Crippen LogP contribution in [0, 0.1) is 25.5 Å². The Labute approximate surface area is 104 Å². The summed E-state index contributed by atoms with van der Waals surface area (Å²) < 4.78 is 27.3. The molecular formula is C14H14F2N2. The van der Waals surface area contributed by atoms with E-state index >= 15 is 0 Å². The van der Waals surface area contributed by atoms with Gasteiger partial charge in [-0.05, 0) is 43.2 Å². The summed E-state index contributed by atoms with van der Waals surface area (Å²) in [7, 11) is 0. The molecule has 0 spiro atoms. The second-order valence-electron chi connectivity index (χ2n) is 4.30. The highest BCUT2D eigenvalue weighted by molar-refractivity contribution is 5.66. The Balaban J connectivity index is 2.43. The molecule has 0 atom stereocenters. The molecule has 0 saturated carbocycles. The van der Waals surface area contributed by atoms with Gasteiger partial charge in [-0.25, -0.2) is 8.78 Å². The van der Waals surface area contributed by atoms with Crippen LogP contribution in [0.2, 0.25) is 0 Å². The number of benzene rings is 2. The molecule has 0 fully saturated rings. The van der Waals surface area contributed by atoms with Gasteiger partial charge in [0.1, 0.15) is 5.69 Å². The fourth-order valence-electron chi connectivity index (χ4n) is 1.72. The van der Waals surface area contributed by atoms with Gasteiger partial charge < -0.3 is 11.1 Å². The Morgan fingerprint density at radius 2 is 1.61 bits per heavy atom. The quantitative estimate of drug-likeness (QED) is 0.791. The zero-order valence-electron chi connectivity index (χ0n) is 10.2. The van der Waals surface area contributed by atoms with Crippen LogP contribution in [0.5, 0.6) is 0 Å². The molecule has 0 unspecified atom stereocenters. The van der Waals surface area contributed by atoms with E-state index in [-0.39, 0.29) is 11.4 Å². The van der Waals surface area contributed by atoms with Gasteiger partial charge in [0.15, 0.2) is 11.6 Å². The summed E-state index contributed by atoms with van der Waals surface area (Å²) in [6, 6.07) is 7.86. The topological polar surface area (TPSA) is 38.0 Å². The first-order valence-electron chi connectivity index (χ1n) is 5.56. The van der Waals surface area contributed by atoms with E-state index in [0.29, 0.717) is 5.69 Å². The standard InChI is InChI=1S/C14H14F2N2/c1-8-3-4-9(2)13(5-8)18-14-11(15)6-10(17)7-12(14)16/h3-7,18H,17H2,1-2H3. The van der Waals surface area contributed by atoms with E-state index in [0.717, 1.165) is 23.3 Å². The minimum absolute atomic E-state index is 0.0662. The molecule has 0 bridgehead atoms. The van der Waals surface area contributed by atoms with E-state index in [1.165, 1.54) is 0 Å². The zero-order chi connectivity index (χ0) is 13.3. The number of anilines is 3. The summed E-state index contributed by atoms with van der Waals surface area (Å²) in [5.74, 6) is -1.40. The molecule has 2 aromatic carbocycles. The molecule has 0 heterocycles. The third-order valence-corrected chi connectivity index (χ3v) is 2.72. The first-order valence-corrected chi connectivity index (χ1v) is 5.56. The number of aryl methyl sites for hydroxylation is 2. The lowest BCUT2D eigenvalue weighted by Gasteiger charge is -2.12. The SMILES string of the molecule is Cc1ccc(C)c(Nc2c(F)cc(N)cc2F)c1. The van der Waals surface area contributed by atoms with Crippen LogP contribution in [-0.2, 0) is 0 Å². The van der Waals surface area contributed by atoms with Crippen molar-refractivity contribution in [2.24, 2.45) is 0 Å². The number of halogens is 2. The summed E-state index contributed by atoms with van der Waals surface area (Å²) in [5.41, 5.74) is 7.86. The highest BCUT2D eigenvalue weighted by atomic mass is 19.1. The third kappa shape index (κ3) is 2.42. The fourth-order valence-corrected chi connectivity index (χ4v) is 1.72.